The minimum absolute atomic E-state index is 0.189. The van der Waals surface area contributed by atoms with Gasteiger partial charge >= 0.3 is 0 Å². The highest BCUT2D eigenvalue weighted by atomic mass is 32.2. The first-order valence-electron chi connectivity index (χ1n) is 11.2. The molecule has 0 aliphatic carbocycles. The highest BCUT2D eigenvalue weighted by Gasteiger charge is 2.23. The average Bonchev–Trinajstić information content (AvgIpc) is 3.10. The van der Waals surface area contributed by atoms with Crippen molar-refractivity contribution in [1.29, 1.82) is 0 Å². The van der Waals surface area contributed by atoms with E-state index in [1.165, 1.54) is 10.7 Å². The number of rotatable bonds is 9. The molecule has 0 radical (unpaired) electrons. The zero-order valence-corrected chi connectivity index (χ0v) is 19.2. The second-order valence-electron chi connectivity index (χ2n) is 7.86. The normalized spacial score (nSPS) is 15.3. The summed E-state index contributed by atoms with van der Waals surface area (Å²) in [5.41, 5.74) is 1.60. The minimum atomic E-state index is -3.53. The van der Waals surface area contributed by atoms with Crippen LogP contribution in [0, 0.1) is 0 Å². The van der Waals surface area contributed by atoms with E-state index in [0.717, 1.165) is 50.2 Å². The van der Waals surface area contributed by atoms with Crippen LogP contribution in [0.3, 0.4) is 0 Å². The van der Waals surface area contributed by atoms with E-state index in [0.29, 0.717) is 31.4 Å². The third kappa shape index (κ3) is 4.70. The maximum atomic E-state index is 12.9. The van der Waals surface area contributed by atoms with Crippen LogP contribution in [0.25, 0.3) is 11.0 Å². The van der Waals surface area contributed by atoms with Gasteiger partial charge in [-0.05, 0) is 43.9 Å². The molecular formula is C22H34N4O3S. The number of carbonyl (C=O) groups excluding carboxylic acids is 1. The van der Waals surface area contributed by atoms with Crippen LogP contribution in [0.5, 0.6) is 0 Å². The number of imidazole rings is 1. The Labute approximate surface area is 180 Å². The van der Waals surface area contributed by atoms with E-state index >= 15 is 0 Å². The van der Waals surface area contributed by atoms with Gasteiger partial charge in [0, 0.05) is 45.6 Å². The SMILES string of the molecule is CCCn1c(CCC(=O)N2CCCCC2)nc2cc(S(=O)(=O)N(CC)CC)ccc21. The van der Waals surface area contributed by atoms with Crippen molar-refractivity contribution >= 4 is 27.0 Å². The molecule has 7 nitrogen and oxygen atoms in total. The number of amides is 1. The second kappa shape index (κ2) is 9.92. The number of carbonyl (C=O) groups is 1. The van der Waals surface area contributed by atoms with Gasteiger partial charge in [0.1, 0.15) is 5.82 Å². The van der Waals surface area contributed by atoms with Crippen LogP contribution in [0.2, 0.25) is 0 Å². The molecule has 1 fully saturated rings. The standard InChI is InChI=1S/C22H34N4O3S/c1-4-14-26-20-11-10-18(30(28,29)25(5-2)6-3)17-19(20)23-21(26)12-13-22(27)24-15-8-7-9-16-24/h10-11,17H,4-9,12-16H2,1-3H3. The van der Waals surface area contributed by atoms with E-state index in [9.17, 15) is 13.2 Å². The van der Waals surface area contributed by atoms with E-state index in [-0.39, 0.29) is 10.8 Å². The van der Waals surface area contributed by atoms with Crippen LogP contribution < -0.4 is 0 Å². The van der Waals surface area contributed by atoms with Gasteiger partial charge in [0.05, 0.1) is 15.9 Å². The molecule has 0 atom stereocenters. The van der Waals surface area contributed by atoms with Gasteiger partial charge in [0.25, 0.3) is 0 Å². The number of hydrogen-bond acceptors (Lipinski definition) is 4. The topological polar surface area (TPSA) is 75.5 Å². The van der Waals surface area contributed by atoms with Crippen molar-refractivity contribution in [1.82, 2.24) is 18.8 Å². The molecule has 0 saturated carbocycles. The fourth-order valence-electron chi connectivity index (χ4n) is 4.22. The van der Waals surface area contributed by atoms with E-state index in [1.807, 2.05) is 24.8 Å². The molecule has 1 amide bonds. The Bertz CT molecular complexity index is 974. The van der Waals surface area contributed by atoms with Crippen LogP contribution in [0.4, 0.5) is 0 Å². The Hall–Kier alpha value is -1.93. The number of sulfonamides is 1. The summed E-state index contributed by atoms with van der Waals surface area (Å²) in [7, 11) is -3.53. The average molecular weight is 435 g/mol. The smallest absolute Gasteiger partial charge is 0.243 e. The number of likely N-dealkylation sites (tertiary alicyclic amines) is 1. The van der Waals surface area contributed by atoms with Gasteiger partial charge < -0.3 is 9.47 Å². The maximum absolute atomic E-state index is 12.9. The Kier molecular flexibility index (Phi) is 7.52. The lowest BCUT2D eigenvalue weighted by atomic mass is 10.1. The summed E-state index contributed by atoms with van der Waals surface area (Å²) >= 11 is 0. The first-order valence-corrected chi connectivity index (χ1v) is 12.6. The van der Waals surface area contributed by atoms with Gasteiger partial charge in [-0.25, -0.2) is 13.4 Å². The first kappa shape index (κ1) is 22.7. The molecule has 8 heteroatoms. The molecule has 1 saturated heterocycles. The van der Waals surface area contributed by atoms with Gasteiger partial charge in [-0.1, -0.05) is 20.8 Å². The van der Waals surface area contributed by atoms with E-state index < -0.39 is 10.0 Å². The summed E-state index contributed by atoms with van der Waals surface area (Å²) in [6.07, 6.45) is 5.33. The van der Waals surface area contributed by atoms with E-state index in [4.69, 9.17) is 4.98 Å². The van der Waals surface area contributed by atoms with Crippen LogP contribution in [-0.2, 0) is 27.8 Å². The lowest BCUT2D eigenvalue weighted by Gasteiger charge is -2.26. The molecule has 1 aromatic carbocycles. The van der Waals surface area contributed by atoms with Crippen LogP contribution >= 0.6 is 0 Å². The molecule has 1 aliphatic rings. The minimum Gasteiger partial charge on any atom is -0.343 e. The number of hydrogen-bond donors (Lipinski definition) is 0. The number of fused-ring (bicyclic) bond motifs is 1. The lowest BCUT2D eigenvalue weighted by molar-refractivity contribution is -0.132. The third-order valence-corrected chi connectivity index (χ3v) is 7.91. The predicted molar refractivity (Wildman–Crippen MR) is 119 cm³/mol. The molecule has 0 N–H and O–H groups in total. The Balaban J connectivity index is 1.87. The number of nitrogens with zero attached hydrogens (tertiary/aromatic N) is 4. The molecule has 2 aromatic rings. The van der Waals surface area contributed by atoms with E-state index in [2.05, 4.69) is 11.5 Å². The fourth-order valence-corrected chi connectivity index (χ4v) is 5.70. The predicted octanol–water partition coefficient (Wildman–Crippen LogP) is 3.42. The van der Waals surface area contributed by atoms with Crippen LogP contribution in [0.1, 0.15) is 58.7 Å². The van der Waals surface area contributed by atoms with Gasteiger partial charge in [0.2, 0.25) is 15.9 Å². The monoisotopic (exact) mass is 434 g/mol. The maximum Gasteiger partial charge on any atom is 0.243 e. The van der Waals surface area contributed by atoms with Crippen molar-refractivity contribution in [2.75, 3.05) is 26.2 Å². The summed E-state index contributed by atoms with van der Waals surface area (Å²) in [6.45, 7) is 9.17. The summed E-state index contributed by atoms with van der Waals surface area (Å²) < 4.78 is 29.4. The zero-order chi connectivity index (χ0) is 21.7. The van der Waals surface area contributed by atoms with Gasteiger partial charge in [-0.2, -0.15) is 4.31 Å². The molecule has 30 heavy (non-hydrogen) atoms. The summed E-state index contributed by atoms with van der Waals surface area (Å²) in [6, 6.07) is 5.20. The number of aromatic nitrogens is 2. The molecule has 2 heterocycles. The van der Waals surface area contributed by atoms with Crippen molar-refractivity contribution in [3.63, 3.8) is 0 Å². The summed E-state index contributed by atoms with van der Waals surface area (Å²) in [4.78, 5) is 19.6. The van der Waals surface area contributed by atoms with Crippen molar-refractivity contribution in [3.05, 3.63) is 24.0 Å². The number of benzene rings is 1. The highest BCUT2D eigenvalue weighted by molar-refractivity contribution is 7.89. The molecule has 166 valence electrons. The zero-order valence-electron chi connectivity index (χ0n) is 18.4. The highest BCUT2D eigenvalue weighted by Crippen LogP contribution is 2.24. The van der Waals surface area contributed by atoms with Crippen molar-refractivity contribution in [3.8, 4) is 0 Å². The Morgan fingerprint density at radius 2 is 1.80 bits per heavy atom. The van der Waals surface area contributed by atoms with Gasteiger partial charge in [-0.3, -0.25) is 4.79 Å². The fraction of sp³-hybridized carbons (Fsp3) is 0.636. The molecule has 1 aliphatic heterocycles. The lowest BCUT2D eigenvalue weighted by Crippen LogP contribution is -2.35. The molecule has 0 spiro atoms. The Morgan fingerprint density at radius 1 is 1.10 bits per heavy atom. The summed E-state index contributed by atoms with van der Waals surface area (Å²) in [5, 5.41) is 0. The van der Waals surface area contributed by atoms with Crippen molar-refractivity contribution in [2.24, 2.45) is 0 Å². The molecule has 0 unspecified atom stereocenters. The first-order chi connectivity index (χ1) is 14.4. The largest absolute Gasteiger partial charge is 0.343 e. The van der Waals surface area contributed by atoms with Crippen molar-refractivity contribution < 1.29 is 13.2 Å². The molecular weight excluding hydrogens is 400 g/mol. The number of aryl methyl sites for hydroxylation is 2. The van der Waals surface area contributed by atoms with Gasteiger partial charge in [0.15, 0.2) is 0 Å². The molecule has 0 bridgehead atoms. The van der Waals surface area contributed by atoms with Crippen LogP contribution in [-0.4, -0.2) is 59.3 Å². The molecule has 1 aromatic heterocycles. The van der Waals surface area contributed by atoms with Gasteiger partial charge in [-0.15, -0.1) is 0 Å². The summed E-state index contributed by atoms with van der Waals surface area (Å²) in [5.74, 6) is 1.05. The Morgan fingerprint density at radius 3 is 2.43 bits per heavy atom. The third-order valence-electron chi connectivity index (χ3n) is 5.86. The van der Waals surface area contributed by atoms with E-state index in [1.54, 1.807) is 12.1 Å². The number of piperidine rings is 1. The molecule has 3 rings (SSSR count). The second-order valence-corrected chi connectivity index (χ2v) is 9.80. The van der Waals surface area contributed by atoms with Crippen molar-refractivity contribution in [2.45, 2.75) is 70.7 Å². The quantitative estimate of drug-likeness (QED) is 0.606. The van der Waals surface area contributed by atoms with Crippen LogP contribution in [0.15, 0.2) is 23.1 Å².